The molecule has 1 heterocycles. The Morgan fingerprint density at radius 3 is 2.50 bits per heavy atom. The van der Waals surface area contributed by atoms with Crippen LogP contribution in [0.5, 0.6) is 0 Å². The summed E-state index contributed by atoms with van der Waals surface area (Å²) in [4.78, 5) is 7.16. The summed E-state index contributed by atoms with van der Waals surface area (Å²) >= 11 is 0. The zero-order chi connectivity index (χ0) is 13.2. The van der Waals surface area contributed by atoms with Crippen LogP contribution < -0.4 is 5.32 Å². The van der Waals surface area contributed by atoms with Crippen molar-refractivity contribution in [3.63, 3.8) is 0 Å². The number of unbranched alkanes of at least 4 members (excludes halogenated alkanes) is 1. The number of likely N-dealkylation sites (N-methyl/N-ethyl adjacent to an activating group) is 1. The first-order valence-corrected chi connectivity index (χ1v) is 7.39. The van der Waals surface area contributed by atoms with E-state index in [4.69, 9.17) is 0 Å². The summed E-state index contributed by atoms with van der Waals surface area (Å²) in [5.74, 6) is 0. The third-order valence-corrected chi connectivity index (χ3v) is 3.46. The van der Waals surface area contributed by atoms with E-state index in [-0.39, 0.29) is 0 Å². The number of hydrogen-bond donors (Lipinski definition) is 1. The highest BCUT2D eigenvalue weighted by molar-refractivity contribution is 4.89. The molecule has 1 rings (SSSR count). The van der Waals surface area contributed by atoms with E-state index >= 15 is 0 Å². The van der Waals surface area contributed by atoms with Gasteiger partial charge in [-0.1, -0.05) is 27.2 Å². The van der Waals surface area contributed by atoms with Gasteiger partial charge in [-0.15, -0.1) is 0 Å². The maximum absolute atomic E-state index is 3.51. The van der Waals surface area contributed by atoms with Gasteiger partial charge >= 0.3 is 0 Å². The monoisotopic (exact) mass is 254 g/mol. The fourth-order valence-corrected chi connectivity index (χ4v) is 2.12. The lowest BCUT2D eigenvalue weighted by Gasteiger charge is -2.23. The van der Waals surface area contributed by atoms with Crippen molar-refractivity contribution in [3.8, 4) is 0 Å². The largest absolute Gasteiger partial charge is 0.359 e. The Morgan fingerprint density at radius 1 is 1.11 bits per heavy atom. The van der Waals surface area contributed by atoms with Crippen LogP contribution in [0.1, 0.15) is 33.6 Å². The van der Waals surface area contributed by atoms with Gasteiger partial charge in [0.2, 0.25) is 0 Å². The molecule has 0 aromatic carbocycles. The average Bonchev–Trinajstić information content (AvgIpc) is 2.84. The van der Waals surface area contributed by atoms with Gasteiger partial charge in [0.15, 0.2) is 0 Å². The van der Waals surface area contributed by atoms with Crippen LogP contribution in [0.25, 0.3) is 0 Å². The molecule has 4 nitrogen and oxygen atoms in total. The van der Waals surface area contributed by atoms with Gasteiger partial charge in [0.05, 0.1) is 13.3 Å². The molecule has 0 aliphatic carbocycles. The molecule has 1 aliphatic heterocycles. The molecular weight excluding hydrogens is 224 g/mol. The van der Waals surface area contributed by atoms with Gasteiger partial charge in [-0.3, -0.25) is 5.32 Å². The van der Waals surface area contributed by atoms with E-state index in [1.54, 1.807) is 0 Å². The number of nitrogens with one attached hydrogen (secondary N) is 1. The Bertz CT molecular complexity index is 226. The molecule has 18 heavy (non-hydrogen) atoms. The Hall–Kier alpha value is -0.740. The lowest BCUT2D eigenvalue weighted by Crippen LogP contribution is -2.38. The molecule has 0 amide bonds. The molecule has 1 N–H and O–H groups in total. The van der Waals surface area contributed by atoms with Crippen LogP contribution in [0.4, 0.5) is 0 Å². The predicted octanol–water partition coefficient (Wildman–Crippen LogP) is 1.72. The molecule has 1 aliphatic rings. The zero-order valence-corrected chi connectivity index (χ0v) is 12.4. The normalized spacial score (nSPS) is 15.1. The Kier molecular flexibility index (Phi) is 7.85. The second-order valence-corrected chi connectivity index (χ2v) is 4.88. The van der Waals surface area contributed by atoms with Crippen molar-refractivity contribution in [1.29, 1.82) is 0 Å². The van der Waals surface area contributed by atoms with Gasteiger partial charge in [0.25, 0.3) is 0 Å². The van der Waals surface area contributed by atoms with Crippen LogP contribution in [0.2, 0.25) is 0 Å². The molecule has 0 aromatic heterocycles. The first kappa shape index (κ1) is 15.3. The van der Waals surface area contributed by atoms with Crippen molar-refractivity contribution < 1.29 is 0 Å². The summed E-state index contributed by atoms with van der Waals surface area (Å²) in [5.41, 5.74) is 0. The molecule has 0 unspecified atom stereocenters. The molecule has 0 bridgehead atoms. The summed E-state index contributed by atoms with van der Waals surface area (Å²) in [6.07, 6.45) is 6.96. The van der Waals surface area contributed by atoms with Crippen LogP contribution >= 0.6 is 0 Å². The lowest BCUT2D eigenvalue weighted by molar-refractivity contribution is 0.240. The molecule has 0 fully saturated rings. The molecule has 0 radical (unpaired) electrons. The van der Waals surface area contributed by atoms with Crippen molar-refractivity contribution in [2.24, 2.45) is 0 Å². The van der Waals surface area contributed by atoms with Crippen molar-refractivity contribution in [3.05, 3.63) is 12.4 Å². The molecule has 0 spiro atoms. The van der Waals surface area contributed by atoms with Gasteiger partial charge in [0.1, 0.15) is 0 Å². The van der Waals surface area contributed by atoms with E-state index in [0.29, 0.717) is 0 Å². The fourth-order valence-electron chi connectivity index (χ4n) is 2.12. The first-order chi connectivity index (χ1) is 8.80. The lowest BCUT2D eigenvalue weighted by atomic mass is 10.3. The number of nitrogens with zero attached hydrogens (tertiary/aromatic N) is 3. The molecule has 0 saturated heterocycles. The molecule has 4 heteroatoms. The van der Waals surface area contributed by atoms with E-state index in [2.05, 4.69) is 53.2 Å². The van der Waals surface area contributed by atoms with Crippen LogP contribution in [0.15, 0.2) is 12.4 Å². The topological polar surface area (TPSA) is 21.8 Å². The summed E-state index contributed by atoms with van der Waals surface area (Å²) in [6.45, 7) is 14.4. The maximum Gasteiger partial charge on any atom is 0.0905 e. The summed E-state index contributed by atoms with van der Waals surface area (Å²) in [6, 6.07) is 0. The highest BCUT2D eigenvalue weighted by atomic mass is 15.4. The van der Waals surface area contributed by atoms with Crippen LogP contribution in [0, 0.1) is 0 Å². The van der Waals surface area contributed by atoms with E-state index < -0.39 is 0 Å². The fraction of sp³-hybridized carbons (Fsp3) is 0.857. The second-order valence-electron chi connectivity index (χ2n) is 4.88. The Balaban J connectivity index is 2.02. The smallest absolute Gasteiger partial charge is 0.0905 e. The Morgan fingerprint density at radius 2 is 1.83 bits per heavy atom. The molecule has 0 atom stereocenters. The zero-order valence-electron chi connectivity index (χ0n) is 12.4. The molecule has 0 aromatic rings. The Labute approximate surface area is 113 Å². The quantitative estimate of drug-likeness (QED) is 0.599. The van der Waals surface area contributed by atoms with E-state index in [1.807, 2.05) is 0 Å². The molecule has 106 valence electrons. The predicted molar refractivity (Wildman–Crippen MR) is 78.1 cm³/mol. The van der Waals surface area contributed by atoms with E-state index in [1.165, 1.54) is 19.4 Å². The maximum atomic E-state index is 3.51. The summed E-state index contributed by atoms with van der Waals surface area (Å²) in [5, 5.41) is 3.51. The van der Waals surface area contributed by atoms with Crippen molar-refractivity contribution >= 4 is 0 Å². The minimum atomic E-state index is 0.959. The minimum Gasteiger partial charge on any atom is -0.359 e. The van der Waals surface area contributed by atoms with Crippen molar-refractivity contribution in [2.45, 2.75) is 33.6 Å². The highest BCUT2D eigenvalue weighted by Crippen LogP contribution is 2.06. The van der Waals surface area contributed by atoms with Crippen LogP contribution in [-0.2, 0) is 0 Å². The average molecular weight is 254 g/mol. The van der Waals surface area contributed by atoms with Gasteiger partial charge in [0, 0.05) is 32.0 Å². The van der Waals surface area contributed by atoms with Gasteiger partial charge in [-0.05, 0) is 19.5 Å². The summed E-state index contributed by atoms with van der Waals surface area (Å²) < 4.78 is 0. The second kappa shape index (κ2) is 9.22. The van der Waals surface area contributed by atoms with E-state index in [9.17, 15) is 0 Å². The molecular formula is C14H30N4. The minimum absolute atomic E-state index is 0.959. The van der Waals surface area contributed by atoms with E-state index in [0.717, 1.165) is 39.5 Å². The number of hydrogen-bond acceptors (Lipinski definition) is 4. The summed E-state index contributed by atoms with van der Waals surface area (Å²) in [7, 11) is 0. The standard InChI is InChI=1S/C14H30N4/c1-4-7-9-17-11-12-18(14-17)13-15-8-10-16(5-2)6-3/h11-12,15H,4-10,13-14H2,1-3H3. The van der Waals surface area contributed by atoms with Crippen LogP contribution in [-0.4, -0.2) is 60.8 Å². The van der Waals surface area contributed by atoms with Gasteiger partial charge in [-0.2, -0.15) is 0 Å². The SMILES string of the molecule is CCCCN1C=CN(CNCCN(CC)CC)C1. The first-order valence-electron chi connectivity index (χ1n) is 7.39. The van der Waals surface area contributed by atoms with Crippen LogP contribution in [0.3, 0.4) is 0 Å². The van der Waals surface area contributed by atoms with Gasteiger partial charge in [-0.25, -0.2) is 0 Å². The third-order valence-electron chi connectivity index (χ3n) is 3.46. The van der Waals surface area contributed by atoms with Crippen molar-refractivity contribution in [1.82, 2.24) is 20.0 Å². The van der Waals surface area contributed by atoms with Crippen molar-refractivity contribution in [2.75, 3.05) is 46.1 Å². The highest BCUT2D eigenvalue weighted by Gasteiger charge is 2.10. The number of rotatable bonds is 10. The molecule has 0 saturated carbocycles. The third kappa shape index (κ3) is 5.74. The van der Waals surface area contributed by atoms with Gasteiger partial charge < -0.3 is 14.7 Å².